The second kappa shape index (κ2) is 17.2. The molecule has 1 saturated carbocycles. The molecule has 7 atom stereocenters. The van der Waals surface area contributed by atoms with E-state index in [2.05, 4.69) is 43.1 Å². The van der Waals surface area contributed by atoms with Crippen LogP contribution in [0.25, 0.3) is 0 Å². The average molecular weight is 547 g/mol. The molecular weight excluding hydrogens is 496 g/mol. The molecule has 7 nitrogen and oxygen atoms in total. The Balaban J connectivity index is 1.72. The number of carbonyl (C=O) groups is 1. The van der Waals surface area contributed by atoms with Crippen LogP contribution in [-0.4, -0.2) is 61.8 Å². The lowest BCUT2D eigenvalue weighted by atomic mass is 9.87. The van der Waals surface area contributed by atoms with Gasteiger partial charge in [0.25, 0.3) is 0 Å². The van der Waals surface area contributed by atoms with Gasteiger partial charge < -0.3 is 28.8 Å². The fraction of sp³-hybridized carbons (Fsp3) is 0.781. The van der Waals surface area contributed by atoms with Gasteiger partial charge in [0.05, 0.1) is 24.9 Å². The van der Waals surface area contributed by atoms with Gasteiger partial charge >= 0.3 is 5.97 Å². The number of carbonyl (C=O) groups excluding carboxylic acids is 1. The Kier molecular flexibility index (Phi) is 14.0. The summed E-state index contributed by atoms with van der Waals surface area (Å²) in [4.78, 5) is 11.4. The highest BCUT2D eigenvalue weighted by atomic mass is 16.7. The number of aliphatic hydroxyl groups excluding tert-OH is 1. The van der Waals surface area contributed by atoms with Gasteiger partial charge in [-0.3, -0.25) is 4.79 Å². The second-order valence-electron chi connectivity index (χ2n) is 11.2. The van der Waals surface area contributed by atoms with E-state index in [0.29, 0.717) is 12.8 Å². The number of hydrogen-bond acceptors (Lipinski definition) is 7. The second-order valence-corrected chi connectivity index (χ2v) is 11.2. The molecule has 0 amide bonds. The number of methoxy groups -OCH3 is 1. The molecule has 3 rings (SSSR count). The van der Waals surface area contributed by atoms with E-state index in [4.69, 9.17) is 23.7 Å². The number of aliphatic hydroxyl groups is 1. The molecule has 0 bridgehead atoms. The molecule has 0 aromatic rings. The lowest BCUT2D eigenvalue weighted by molar-refractivity contribution is -0.208. The molecule has 39 heavy (non-hydrogen) atoms. The van der Waals surface area contributed by atoms with Gasteiger partial charge in [-0.25, -0.2) is 0 Å². The summed E-state index contributed by atoms with van der Waals surface area (Å²) >= 11 is 0. The van der Waals surface area contributed by atoms with Crippen LogP contribution in [0.1, 0.15) is 97.3 Å². The van der Waals surface area contributed by atoms with Gasteiger partial charge in [-0.1, -0.05) is 24.3 Å². The minimum Gasteiger partial charge on any atom is -0.469 e. The van der Waals surface area contributed by atoms with Crippen LogP contribution in [0, 0.1) is 23.7 Å². The summed E-state index contributed by atoms with van der Waals surface area (Å²) in [6.07, 6.45) is 18.6. The van der Waals surface area contributed by atoms with Crippen molar-refractivity contribution < 1.29 is 33.6 Å². The molecule has 3 aliphatic rings. The van der Waals surface area contributed by atoms with Crippen molar-refractivity contribution in [3.63, 3.8) is 0 Å². The van der Waals surface area contributed by atoms with Crippen LogP contribution in [0.3, 0.4) is 0 Å². The predicted molar refractivity (Wildman–Crippen MR) is 151 cm³/mol. The monoisotopic (exact) mass is 546 g/mol. The quantitative estimate of drug-likeness (QED) is 0.127. The zero-order valence-electron chi connectivity index (χ0n) is 24.3. The summed E-state index contributed by atoms with van der Waals surface area (Å²) in [6, 6.07) is 0. The summed E-state index contributed by atoms with van der Waals surface area (Å²) < 4.78 is 29.5. The third-order valence-electron chi connectivity index (χ3n) is 8.04. The molecule has 0 spiro atoms. The third-order valence-corrected chi connectivity index (χ3v) is 8.04. The maximum Gasteiger partial charge on any atom is 0.305 e. The van der Waals surface area contributed by atoms with Crippen LogP contribution in [-0.2, 0) is 28.5 Å². The van der Waals surface area contributed by atoms with Crippen LogP contribution < -0.4 is 0 Å². The van der Waals surface area contributed by atoms with E-state index in [9.17, 15) is 9.90 Å². The van der Waals surface area contributed by atoms with Crippen LogP contribution in [0.2, 0.25) is 0 Å². The standard InChI is InChI=1S/C32H50O7/c1-4-5-12-20-32(2,39-31-18-11-14-23-37-31)21-19-26-25(15-8-6-7-9-16-29(34)35-3)27(33)24-28(26)38-30-17-10-13-22-36-30/h6,8,19,21,25-28,30-31,33H,7,9-18,20,22-24H2,1-3H3/b8-6-,21-19+/t25-,26-,27-,28-,30?,31?,32?/m1/s1. The highest BCUT2D eigenvalue weighted by Gasteiger charge is 2.43. The van der Waals surface area contributed by atoms with E-state index in [1.165, 1.54) is 7.11 Å². The Bertz CT molecular complexity index is 831. The van der Waals surface area contributed by atoms with Crippen LogP contribution >= 0.6 is 0 Å². The molecule has 2 aliphatic heterocycles. The minimum absolute atomic E-state index is 0.0253. The summed E-state index contributed by atoms with van der Waals surface area (Å²) in [5.74, 6) is 6.04. The molecule has 220 valence electrons. The number of esters is 1. The first-order valence-electron chi connectivity index (χ1n) is 15.0. The fourth-order valence-corrected chi connectivity index (χ4v) is 5.72. The molecule has 0 aromatic heterocycles. The molecule has 0 radical (unpaired) electrons. The Hall–Kier alpha value is -1.69. The van der Waals surface area contributed by atoms with Crippen molar-refractivity contribution in [2.24, 2.45) is 11.8 Å². The van der Waals surface area contributed by atoms with Gasteiger partial charge in [-0.05, 0) is 84.0 Å². The first-order chi connectivity index (χ1) is 18.9. The van der Waals surface area contributed by atoms with Crippen molar-refractivity contribution in [2.75, 3.05) is 20.3 Å². The number of rotatable bonds is 14. The highest BCUT2D eigenvalue weighted by Crippen LogP contribution is 2.40. The van der Waals surface area contributed by atoms with Gasteiger partial charge in [0.1, 0.15) is 0 Å². The summed E-state index contributed by atoms with van der Waals surface area (Å²) in [5.41, 5.74) is -0.528. The van der Waals surface area contributed by atoms with E-state index in [1.807, 2.05) is 6.92 Å². The van der Waals surface area contributed by atoms with E-state index < -0.39 is 11.7 Å². The van der Waals surface area contributed by atoms with Crippen LogP contribution in [0.4, 0.5) is 0 Å². The number of hydrogen-bond donors (Lipinski definition) is 1. The normalized spacial score (nSPS) is 31.2. The van der Waals surface area contributed by atoms with E-state index >= 15 is 0 Å². The van der Waals surface area contributed by atoms with E-state index in [0.717, 1.165) is 83.8 Å². The molecule has 7 heteroatoms. The maximum atomic E-state index is 11.4. The van der Waals surface area contributed by atoms with Gasteiger partial charge in [-0.15, -0.1) is 11.8 Å². The molecule has 0 aromatic carbocycles. The van der Waals surface area contributed by atoms with Crippen molar-refractivity contribution in [2.45, 2.75) is 128 Å². The fourth-order valence-electron chi connectivity index (χ4n) is 5.72. The van der Waals surface area contributed by atoms with Gasteiger partial charge in [0.2, 0.25) is 0 Å². The Morgan fingerprint density at radius 1 is 1.10 bits per heavy atom. The van der Waals surface area contributed by atoms with Gasteiger partial charge in [0, 0.05) is 38.4 Å². The molecule has 1 aliphatic carbocycles. The van der Waals surface area contributed by atoms with Gasteiger partial charge in [0.15, 0.2) is 12.6 Å². The van der Waals surface area contributed by atoms with Crippen LogP contribution in [0.5, 0.6) is 0 Å². The van der Waals surface area contributed by atoms with E-state index in [-0.39, 0.29) is 36.5 Å². The smallest absolute Gasteiger partial charge is 0.305 e. The number of ether oxygens (including phenoxy) is 5. The maximum absolute atomic E-state index is 11.4. The molecule has 2 heterocycles. The Labute approximate surface area is 235 Å². The topological polar surface area (TPSA) is 83.5 Å². The predicted octanol–water partition coefficient (Wildman–Crippen LogP) is 5.85. The minimum atomic E-state index is -0.528. The van der Waals surface area contributed by atoms with Crippen molar-refractivity contribution in [3.8, 4) is 11.8 Å². The first kappa shape index (κ1) is 31.8. The molecule has 3 unspecified atom stereocenters. The summed E-state index contributed by atoms with van der Waals surface area (Å²) in [5, 5.41) is 11.1. The molecule has 2 saturated heterocycles. The number of allylic oxidation sites excluding steroid dienone is 2. The molecule has 1 N–H and O–H groups in total. The highest BCUT2D eigenvalue weighted by molar-refractivity contribution is 5.69. The summed E-state index contributed by atoms with van der Waals surface area (Å²) in [6.45, 7) is 5.44. The lowest BCUT2D eigenvalue weighted by Gasteiger charge is -2.34. The Morgan fingerprint density at radius 3 is 2.51 bits per heavy atom. The van der Waals surface area contributed by atoms with E-state index in [1.54, 1.807) is 0 Å². The van der Waals surface area contributed by atoms with Crippen molar-refractivity contribution in [1.82, 2.24) is 0 Å². The molecular formula is C32H50O7. The van der Waals surface area contributed by atoms with Crippen molar-refractivity contribution >= 4 is 5.97 Å². The van der Waals surface area contributed by atoms with Crippen molar-refractivity contribution in [3.05, 3.63) is 24.3 Å². The zero-order valence-corrected chi connectivity index (χ0v) is 24.3. The van der Waals surface area contributed by atoms with Crippen LogP contribution in [0.15, 0.2) is 24.3 Å². The Morgan fingerprint density at radius 2 is 1.85 bits per heavy atom. The first-order valence-corrected chi connectivity index (χ1v) is 15.0. The SMILES string of the molecule is CC#CCCC(C)(/C=C/[C@@H]1[C@@H](C/C=C\CCCC(=O)OC)[C@H](O)C[C@H]1OC1CCCCO1)OC1CCCCO1. The third kappa shape index (κ3) is 11.0. The number of unbranched alkanes of at least 4 members (excludes halogenated alkanes) is 1. The van der Waals surface area contributed by atoms with Crippen molar-refractivity contribution in [1.29, 1.82) is 0 Å². The van der Waals surface area contributed by atoms with Gasteiger partial charge in [-0.2, -0.15) is 0 Å². The largest absolute Gasteiger partial charge is 0.469 e. The summed E-state index contributed by atoms with van der Waals surface area (Å²) in [7, 11) is 1.42. The molecule has 3 fully saturated rings. The lowest BCUT2D eigenvalue weighted by Crippen LogP contribution is -2.36. The zero-order chi connectivity index (χ0) is 27.9. The average Bonchev–Trinajstić information content (AvgIpc) is 3.23.